The molecular weight excluding hydrogens is 324 g/mol. The summed E-state index contributed by atoms with van der Waals surface area (Å²) in [5.41, 5.74) is 2.61. The van der Waals surface area contributed by atoms with Crippen LogP contribution in [0.25, 0.3) is 11.2 Å². The number of fused-ring (bicyclic) bond motifs is 1. The van der Waals surface area contributed by atoms with Gasteiger partial charge in [0.25, 0.3) is 5.91 Å². The number of aromatic nitrogens is 3. The lowest BCUT2D eigenvalue weighted by atomic mass is 9.95. The van der Waals surface area contributed by atoms with Crippen LogP contribution < -0.4 is 5.32 Å². The SMILES string of the molecule is O=C(NCCc1nc2cccnc2n1C1CCCCC1)c1ccccc1. The molecular formula is C21H24N4O. The number of amides is 1. The molecule has 3 aromatic rings. The molecule has 5 nitrogen and oxygen atoms in total. The zero-order valence-corrected chi connectivity index (χ0v) is 14.9. The van der Waals surface area contributed by atoms with Gasteiger partial charge in [-0.05, 0) is 37.1 Å². The topological polar surface area (TPSA) is 59.8 Å². The van der Waals surface area contributed by atoms with Crippen LogP contribution in [0.15, 0.2) is 48.7 Å². The molecule has 1 aliphatic rings. The first-order valence-electron chi connectivity index (χ1n) is 9.48. The number of nitrogens with zero attached hydrogens (tertiary/aromatic N) is 3. The first-order valence-corrected chi connectivity index (χ1v) is 9.48. The molecule has 0 atom stereocenters. The summed E-state index contributed by atoms with van der Waals surface area (Å²) in [7, 11) is 0. The molecule has 1 fully saturated rings. The monoisotopic (exact) mass is 348 g/mol. The number of nitrogens with one attached hydrogen (secondary N) is 1. The second-order valence-electron chi connectivity index (χ2n) is 6.91. The molecule has 2 heterocycles. The molecule has 1 N–H and O–H groups in total. The van der Waals surface area contributed by atoms with E-state index >= 15 is 0 Å². The fourth-order valence-corrected chi connectivity index (χ4v) is 3.86. The molecule has 1 aromatic carbocycles. The van der Waals surface area contributed by atoms with E-state index in [2.05, 4.69) is 14.9 Å². The van der Waals surface area contributed by atoms with Crippen LogP contribution in [-0.2, 0) is 6.42 Å². The number of imidazole rings is 1. The molecule has 1 aliphatic carbocycles. The number of carbonyl (C=O) groups excluding carboxylic acids is 1. The van der Waals surface area contributed by atoms with Crippen LogP contribution in [-0.4, -0.2) is 27.0 Å². The molecule has 2 aromatic heterocycles. The predicted molar refractivity (Wildman–Crippen MR) is 102 cm³/mol. The third-order valence-electron chi connectivity index (χ3n) is 5.13. The molecule has 1 saturated carbocycles. The van der Waals surface area contributed by atoms with Crippen molar-refractivity contribution in [1.82, 2.24) is 19.9 Å². The van der Waals surface area contributed by atoms with Crippen molar-refractivity contribution in [2.75, 3.05) is 6.54 Å². The Bertz CT molecular complexity index is 881. The summed E-state index contributed by atoms with van der Waals surface area (Å²) in [5, 5.41) is 3.01. The summed E-state index contributed by atoms with van der Waals surface area (Å²) in [4.78, 5) is 21.6. The first-order chi connectivity index (χ1) is 12.8. The van der Waals surface area contributed by atoms with E-state index in [1.54, 1.807) is 0 Å². The van der Waals surface area contributed by atoms with Crippen molar-refractivity contribution in [3.05, 3.63) is 60.0 Å². The molecule has 5 heteroatoms. The quantitative estimate of drug-likeness (QED) is 0.760. The van der Waals surface area contributed by atoms with Gasteiger partial charge in [0.15, 0.2) is 5.65 Å². The van der Waals surface area contributed by atoms with E-state index in [9.17, 15) is 4.79 Å². The lowest BCUT2D eigenvalue weighted by molar-refractivity contribution is 0.0954. The van der Waals surface area contributed by atoms with Crippen molar-refractivity contribution in [3.8, 4) is 0 Å². The Morgan fingerprint density at radius 3 is 2.69 bits per heavy atom. The molecule has 134 valence electrons. The van der Waals surface area contributed by atoms with Crippen molar-refractivity contribution < 1.29 is 4.79 Å². The smallest absolute Gasteiger partial charge is 0.251 e. The molecule has 0 unspecified atom stereocenters. The van der Waals surface area contributed by atoms with E-state index in [-0.39, 0.29) is 5.91 Å². The van der Waals surface area contributed by atoms with Crippen LogP contribution in [0.2, 0.25) is 0 Å². The minimum atomic E-state index is -0.0379. The largest absolute Gasteiger partial charge is 0.352 e. The van der Waals surface area contributed by atoms with Gasteiger partial charge in [0.2, 0.25) is 0 Å². The summed E-state index contributed by atoms with van der Waals surface area (Å²) >= 11 is 0. The molecule has 4 rings (SSSR count). The fraction of sp³-hybridized carbons (Fsp3) is 0.381. The average Bonchev–Trinajstić information content (AvgIpc) is 3.07. The maximum Gasteiger partial charge on any atom is 0.251 e. The van der Waals surface area contributed by atoms with Crippen molar-refractivity contribution in [2.24, 2.45) is 0 Å². The summed E-state index contributed by atoms with van der Waals surface area (Å²) in [6.07, 6.45) is 8.77. The molecule has 0 radical (unpaired) electrons. The maximum atomic E-state index is 12.2. The zero-order chi connectivity index (χ0) is 17.8. The minimum Gasteiger partial charge on any atom is -0.352 e. The lowest BCUT2D eigenvalue weighted by Gasteiger charge is -2.25. The average molecular weight is 348 g/mol. The molecule has 0 aliphatic heterocycles. The Kier molecular flexibility index (Phi) is 4.95. The van der Waals surface area contributed by atoms with Crippen LogP contribution in [0, 0.1) is 0 Å². The highest BCUT2D eigenvalue weighted by Gasteiger charge is 2.21. The zero-order valence-electron chi connectivity index (χ0n) is 14.9. The Morgan fingerprint density at radius 2 is 1.88 bits per heavy atom. The highest BCUT2D eigenvalue weighted by molar-refractivity contribution is 5.94. The van der Waals surface area contributed by atoms with Gasteiger partial charge in [0.05, 0.1) is 0 Å². The van der Waals surface area contributed by atoms with Crippen LogP contribution in [0.5, 0.6) is 0 Å². The van der Waals surface area contributed by atoms with Gasteiger partial charge in [-0.15, -0.1) is 0 Å². The van der Waals surface area contributed by atoms with Gasteiger partial charge < -0.3 is 9.88 Å². The van der Waals surface area contributed by atoms with Crippen molar-refractivity contribution >= 4 is 17.1 Å². The summed E-state index contributed by atoms with van der Waals surface area (Å²) in [5.74, 6) is 0.989. The number of pyridine rings is 1. The van der Waals surface area contributed by atoms with Crippen molar-refractivity contribution in [1.29, 1.82) is 0 Å². The Labute approximate surface area is 153 Å². The van der Waals surface area contributed by atoms with E-state index in [0.717, 1.165) is 17.0 Å². The van der Waals surface area contributed by atoms with Gasteiger partial charge in [-0.2, -0.15) is 0 Å². The lowest BCUT2D eigenvalue weighted by Crippen LogP contribution is -2.27. The molecule has 1 amide bonds. The highest BCUT2D eigenvalue weighted by atomic mass is 16.1. The number of rotatable bonds is 5. The first kappa shape index (κ1) is 16.8. The van der Waals surface area contributed by atoms with Crippen molar-refractivity contribution in [3.63, 3.8) is 0 Å². The molecule has 0 spiro atoms. The van der Waals surface area contributed by atoms with Crippen LogP contribution in [0.4, 0.5) is 0 Å². The molecule has 26 heavy (non-hydrogen) atoms. The third-order valence-corrected chi connectivity index (χ3v) is 5.13. The Balaban J connectivity index is 1.51. The number of hydrogen-bond donors (Lipinski definition) is 1. The van der Waals surface area contributed by atoms with Gasteiger partial charge in [0.1, 0.15) is 11.3 Å². The van der Waals surface area contributed by atoms with Gasteiger partial charge in [-0.1, -0.05) is 37.5 Å². The maximum absolute atomic E-state index is 12.2. The Hall–Kier alpha value is -2.69. The standard InChI is InChI=1S/C21H24N4O/c26-21(16-8-3-1-4-9-16)23-15-13-19-24-18-12-7-14-22-20(18)25(19)17-10-5-2-6-11-17/h1,3-4,7-9,12,14,17H,2,5-6,10-11,13,15H2,(H,23,26). The number of carbonyl (C=O) groups is 1. The van der Waals surface area contributed by atoms with E-state index in [0.29, 0.717) is 24.6 Å². The van der Waals surface area contributed by atoms with Crippen LogP contribution in [0.1, 0.15) is 54.3 Å². The number of benzene rings is 1. The van der Waals surface area contributed by atoms with E-state index in [1.807, 2.05) is 48.7 Å². The van der Waals surface area contributed by atoms with E-state index in [1.165, 1.54) is 32.1 Å². The summed E-state index contributed by atoms with van der Waals surface area (Å²) in [6.45, 7) is 0.573. The van der Waals surface area contributed by atoms with Crippen LogP contribution >= 0.6 is 0 Å². The van der Waals surface area contributed by atoms with Gasteiger partial charge in [0, 0.05) is 30.8 Å². The molecule has 0 saturated heterocycles. The summed E-state index contributed by atoms with van der Waals surface area (Å²) < 4.78 is 2.32. The van der Waals surface area contributed by atoms with Crippen molar-refractivity contribution in [2.45, 2.75) is 44.6 Å². The Morgan fingerprint density at radius 1 is 1.08 bits per heavy atom. The normalized spacial score (nSPS) is 15.2. The van der Waals surface area contributed by atoms with Crippen LogP contribution in [0.3, 0.4) is 0 Å². The van der Waals surface area contributed by atoms with Gasteiger partial charge >= 0.3 is 0 Å². The minimum absolute atomic E-state index is 0.0379. The predicted octanol–water partition coefficient (Wildman–Crippen LogP) is 3.91. The third kappa shape index (κ3) is 3.47. The van der Waals surface area contributed by atoms with Gasteiger partial charge in [-0.3, -0.25) is 4.79 Å². The second-order valence-corrected chi connectivity index (χ2v) is 6.91. The second kappa shape index (κ2) is 7.68. The van der Waals surface area contributed by atoms with Gasteiger partial charge in [-0.25, -0.2) is 9.97 Å². The van der Waals surface area contributed by atoms with E-state index in [4.69, 9.17) is 4.98 Å². The van der Waals surface area contributed by atoms with E-state index < -0.39 is 0 Å². The summed E-state index contributed by atoms with van der Waals surface area (Å²) in [6, 6.07) is 13.8. The highest BCUT2D eigenvalue weighted by Crippen LogP contribution is 2.31. The molecule has 0 bridgehead atoms. The number of hydrogen-bond acceptors (Lipinski definition) is 3. The fourth-order valence-electron chi connectivity index (χ4n) is 3.86.